The van der Waals surface area contributed by atoms with Crippen LogP contribution in [0.2, 0.25) is 0 Å². The third kappa shape index (κ3) is 2.71. The first-order valence-corrected chi connectivity index (χ1v) is 7.79. The Morgan fingerprint density at radius 1 is 1.38 bits per heavy atom. The van der Waals surface area contributed by atoms with Crippen LogP contribution in [0.4, 0.5) is 15.6 Å². The molecular formula is C15H18N4OS. The van der Waals surface area contributed by atoms with Crippen LogP contribution < -0.4 is 10.2 Å². The standard InChI is InChI=1S/C15H18N4OS/c1-3-16-14-17-8-12(21-14)10-19-13-7-5-4-6-11(13)9-18(2)15(19)20/h4-8H,3,9-10H2,1-2H3,(H,16,17). The number of thiazole rings is 1. The van der Waals surface area contributed by atoms with Gasteiger partial charge in [0.2, 0.25) is 0 Å². The van der Waals surface area contributed by atoms with Gasteiger partial charge in [-0.2, -0.15) is 0 Å². The summed E-state index contributed by atoms with van der Waals surface area (Å²) in [5.74, 6) is 0. The van der Waals surface area contributed by atoms with Gasteiger partial charge in [-0.05, 0) is 18.6 Å². The predicted molar refractivity (Wildman–Crippen MR) is 85.8 cm³/mol. The summed E-state index contributed by atoms with van der Waals surface area (Å²) in [6, 6.07) is 8.10. The van der Waals surface area contributed by atoms with Crippen molar-refractivity contribution in [3.63, 3.8) is 0 Å². The molecule has 0 radical (unpaired) electrons. The molecule has 1 aromatic carbocycles. The van der Waals surface area contributed by atoms with Crippen LogP contribution in [0.1, 0.15) is 17.4 Å². The molecule has 2 aromatic rings. The molecule has 0 saturated carbocycles. The number of benzene rings is 1. The number of nitrogens with zero attached hydrogens (tertiary/aromatic N) is 3. The zero-order valence-corrected chi connectivity index (χ0v) is 13.0. The van der Waals surface area contributed by atoms with E-state index in [9.17, 15) is 4.79 Å². The number of fused-ring (bicyclic) bond motifs is 1. The van der Waals surface area contributed by atoms with E-state index < -0.39 is 0 Å². The minimum absolute atomic E-state index is 0.0344. The molecule has 1 aliphatic rings. The first kappa shape index (κ1) is 13.9. The van der Waals surface area contributed by atoms with Crippen molar-refractivity contribution in [2.24, 2.45) is 0 Å². The van der Waals surface area contributed by atoms with Crippen LogP contribution in [0.15, 0.2) is 30.5 Å². The van der Waals surface area contributed by atoms with Gasteiger partial charge in [-0.15, -0.1) is 11.3 Å². The molecule has 3 rings (SSSR count). The Morgan fingerprint density at radius 3 is 3.00 bits per heavy atom. The number of amides is 2. The molecule has 6 heteroatoms. The maximum atomic E-state index is 12.4. The van der Waals surface area contributed by atoms with Gasteiger partial charge in [0.15, 0.2) is 5.13 Å². The van der Waals surface area contributed by atoms with Gasteiger partial charge in [0, 0.05) is 31.2 Å². The number of carbonyl (C=O) groups is 1. The van der Waals surface area contributed by atoms with E-state index in [1.165, 1.54) is 5.56 Å². The second-order valence-corrected chi connectivity index (χ2v) is 6.13. The number of para-hydroxylation sites is 1. The molecular weight excluding hydrogens is 284 g/mol. The fourth-order valence-corrected chi connectivity index (χ4v) is 3.33. The summed E-state index contributed by atoms with van der Waals surface area (Å²) in [6.07, 6.45) is 1.84. The van der Waals surface area contributed by atoms with E-state index >= 15 is 0 Å². The molecule has 0 aliphatic carbocycles. The third-order valence-corrected chi connectivity index (χ3v) is 4.38. The van der Waals surface area contributed by atoms with Gasteiger partial charge in [0.05, 0.1) is 12.2 Å². The summed E-state index contributed by atoms with van der Waals surface area (Å²) in [4.78, 5) is 21.4. The summed E-state index contributed by atoms with van der Waals surface area (Å²) in [6.45, 7) is 4.11. The Kier molecular flexibility index (Phi) is 3.79. The molecule has 0 saturated heterocycles. The number of rotatable bonds is 4. The zero-order valence-electron chi connectivity index (χ0n) is 12.2. The third-order valence-electron chi connectivity index (χ3n) is 3.44. The number of nitrogens with one attached hydrogen (secondary N) is 1. The van der Waals surface area contributed by atoms with Gasteiger partial charge in [-0.25, -0.2) is 9.78 Å². The monoisotopic (exact) mass is 302 g/mol. The van der Waals surface area contributed by atoms with Crippen molar-refractivity contribution in [1.82, 2.24) is 9.88 Å². The van der Waals surface area contributed by atoms with E-state index in [0.717, 1.165) is 22.2 Å². The van der Waals surface area contributed by atoms with Crippen LogP contribution in [-0.4, -0.2) is 29.5 Å². The normalized spacial score (nSPS) is 14.3. The highest BCUT2D eigenvalue weighted by molar-refractivity contribution is 7.15. The van der Waals surface area contributed by atoms with E-state index in [1.807, 2.05) is 43.3 Å². The molecule has 21 heavy (non-hydrogen) atoms. The van der Waals surface area contributed by atoms with Crippen LogP contribution in [0.5, 0.6) is 0 Å². The van der Waals surface area contributed by atoms with Crippen molar-refractivity contribution in [2.75, 3.05) is 23.8 Å². The van der Waals surface area contributed by atoms with Crippen molar-refractivity contribution in [2.45, 2.75) is 20.0 Å². The molecule has 2 heterocycles. The van der Waals surface area contributed by atoms with Crippen molar-refractivity contribution in [1.29, 1.82) is 0 Å². The van der Waals surface area contributed by atoms with Gasteiger partial charge in [0.1, 0.15) is 0 Å². The fraction of sp³-hybridized carbons (Fsp3) is 0.333. The lowest BCUT2D eigenvalue weighted by molar-refractivity contribution is 0.210. The molecule has 110 valence electrons. The smallest absolute Gasteiger partial charge is 0.324 e. The van der Waals surface area contributed by atoms with E-state index in [4.69, 9.17) is 0 Å². The number of anilines is 2. The number of hydrogen-bond donors (Lipinski definition) is 1. The Hall–Kier alpha value is -2.08. The van der Waals surface area contributed by atoms with Crippen molar-refractivity contribution in [3.8, 4) is 0 Å². The van der Waals surface area contributed by atoms with Crippen LogP contribution in [0.25, 0.3) is 0 Å². The fourth-order valence-electron chi connectivity index (χ4n) is 2.46. The molecule has 2 amide bonds. The predicted octanol–water partition coefficient (Wildman–Crippen LogP) is 3.15. The lowest BCUT2D eigenvalue weighted by Crippen LogP contribution is -2.44. The van der Waals surface area contributed by atoms with Crippen molar-refractivity contribution >= 4 is 28.2 Å². The minimum atomic E-state index is 0.0344. The molecule has 1 aliphatic heterocycles. The highest BCUT2D eigenvalue weighted by Crippen LogP contribution is 2.30. The number of hydrogen-bond acceptors (Lipinski definition) is 4. The van der Waals surface area contributed by atoms with E-state index in [2.05, 4.69) is 16.4 Å². The zero-order chi connectivity index (χ0) is 14.8. The topological polar surface area (TPSA) is 48.5 Å². The highest BCUT2D eigenvalue weighted by Gasteiger charge is 2.28. The largest absolute Gasteiger partial charge is 0.362 e. The summed E-state index contributed by atoms with van der Waals surface area (Å²) in [5.41, 5.74) is 2.18. The van der Waals surface area contributed by atoms with Gasteiger partial charge < -0.3 is 10.2 Å². The van der Waals surface area contributed by atoms with Gasteiger partial charge in [-0.3, -0.25) is 4.90 Å². The first-order chi connectivity index (χ1) is 10.2. The number of carbonyl (C=O) groups excluding carboxylic acids is 1. The Labute approximate surface area is 128 Å². The molecule has 5 nitrogen and oxygen atoms in total. The minimum Gasteiger partial charge on any atom is -0.362 e. The number of aromatic nitrogens is 1. The van der Waals surface area contributed by atoms with Gasteiger partial charge >= 0.3 is 6.03 Å². The SMILES string of the molecule is CCNc1ncc(CN2C(=O)N(C)Cc3ccccc32)s1. The van der Waals surface area contributed by atoms with E-state index in [-0.39, 0.29) is 6.03 Å². The average molecular weight is 302 g/mol. The number of urea groups is 1. The van der Waals surface area contributed by atoms with Gasteiger partial charge in [0.25, 0.3) is 0 Å². The lowest BCUT2D eigenvalue weighted by Gasteiger charge is -2.34. The summed E-state index contributed by atoms with van der Waals surface area (Å²) in [7, 11) is 1.84. The molecule has 1 N–H and O–H groups in total. The van der Waals surface area contributed by atoms with Crippen molar-refractivity contribution < 1.29 is 4.79 Å². The van der Waals surface area contributed by atoms with Crippen LogP contribution in [0, 0.1) is 0 Å². The quantitative estimate of drug-likeness (QED) is 0.944. The Bertz CT molecular complexity index is 655. The average Bonchev–Trinajstić information content (AvgIpc) is 2.92. The molecule has 0 bridgehead atoms. The van der Waals surface area contributed by atoms with Crippen LogP contribution in [-0.2, 0) is 13.1 Å². The molecule has 0 atom stereocenters. The second-order valence-electron chi connectivity index (χ2n) is 5.02. The van der Waals surface area contributed by atoms with Crippen LogP contribution >= 0.6 is 11.3 Å². The molecule has 0 spiro atoms. The van der Waals surface area contributed by atoms with Crippen molar-refractivity contribution in [3.05, 3.63) is 40.9 Å². The molecule has 0 fully saturated rings. The van der Waals surface area contributed by atoms with Gasteiger partial charge in [-0.1, -0.05) is 18.2 Å². The summed E-state index contributed by atoms with van der Waals surface area (Å²) >= 11 is 1.59. The molecule has 0 unspecified atom stereocenters. The Balaban J connectivity index is 1.87. The first-order valence-electron chi connectivity index (χ1n) is 6.98. The lowest BCUT2D eigenvalue weighted by atomic mass is 10.1. The summed E-state index contributed by atoms with van der Waals surface area (Å²) in [5, 5.41) is 4.10. The van der Waals surface area contributed by atoms with E-state index in [0.29, 0.717) is 13.1 Å². The Morgan fingerprint density at radius 2 is 2.19 bits per heavy atom. The molecule has 1 aromatic heterocycles. The van der Waals surface area contributed by atoms with E-state index in [1.54, 1.807) is 16.2 Å². The highest BCUT2D eigenvalue weighted by atomic mass is 32.1. The maximum Gasteiger partial charge on any atom is 0.324 e. The second kappa shape index (κ2) is 5.73. The maximum absolute atomic E-state index is 12.4. The summed E-state index contributed by atoms with van der Waals surface area (Å²) < 4.78 is 0. The van der Waals surface area contributed by atoms with Crippen LogP contribution in [0.3, 0.4) is 0 Å².